The van der Waals surface area contributed by atoms with Crippen LogP contribution in [0.3, 0.4) is 0 Å². The van der Waals surface area contributed by atoms with Crippen molar-refractivity contribution in [1.29, 1.82) is 0 Å². The summed E-state index contributed by atoms with van der Waals surface area (Å²) < 4.78 is 10.6. The lowest BCUT2D eigenvalue weighted by Gasteiger charge is -2.30. The van der Waals surface area contributed by atoms with Crippen molar-refractivity contribution in [2.45, 2.75) is 26.0 Å². The van der Waals surface area contributed by atoms with Crippen LogP contribution in [0, 0.1) is 0 Å². The van der Waals surface area contributed by atoms with Crippen molar-refractivity contribution >= 4 is 35.1 Å². The zero-order chi connectivity index (χ0) is 19.4. The fraction of sp³-hybridized carbons (Fsp3) is 0.300. The molecule has 0 aromatic heterocycles. The predicted octanol–water partition coefficient (Wildman–Crippen LogP) is 3.89. The molecule has 1 aliphatic heterocycles. The lowest BCUT2D eigenvalue weighted by Crippen LogP contribution is -2.43. The number of amides is 1. The van der Waals surface area contributed by atoms with Crippen LogP contribution in [-0.4, -0.2) is 36.0 Å². The van der Waals surface area contributed by atoms with Crippen LogP contribution in [0.5, 0.6) is 5.75 Å². The second kappa shape index (κ2) is 8.63. The van der Waals surface area contributed by atoms with Gasteiger partial charge in [0, 0.05) is 18.1 Å². The zero-order valence-corrected chi connectivity index (χ0v) is 16.3. The highest BCUT2D eigenvalue weighted by atomic mass is 35.5. The molecule has 7 heteroatoms. The van der Waals surface area contributed by atoms with Gasteiger partial charge in [-0.15, -0.1) is 0 Å². The Kier molecular flexibility index (Phi) is 6.24. The maximum absolute atomic E-state index is 12.6. The van der Waals surface area contributed by atoms with E-state index in [2.05, 4.69) is 6.07 Å². The highest BCUT2D eigenvalue weighted by Gasteiger charge is 2.27. The summed E-state index contributed by atoms with van der Waals surface area (Å²) in [5, 5.41) is 0.767. The Labute approximate surface area is 167 Å². The first kappa shape index (κ1) is 19.5. The SMILES string of the molecule is C[C@@H](OC(=O)COc1ccc(Cl)cc1Cl)C(=O)N1CCc2ccccc2C1. The van der Waals surface area contributed by atoms with Gasteiger partial charge in [-0.3, -0.25) is 4.79 Å². The van der Waals surface area contributed by atoms with Crippen LogP contribution in [0.1, 0.15) is 18.1 Å². The summed E-state index contributed by atoms with van der Waals surface area (Å²) in [4.78, 5) is 26.3. The fourth-order valence-corrected chi connectivity index (χ4v) is 3.41. The minimum atomic E-state index is -0.882. The predicted molar refractivity (Wildman–Crippen MR) is 103 cm³/mol. The van der Waals surface area contributed by atoms with Gasteiger partial charge in [0.25, 0.3) is 5.91 Å². The minimum absolute atomic E-state index is 0.220. The Morgan fingerprint density at radius 1 is 1.15 bits per heavy atom. The topological polar surface area (TPSA) is 55.8 Å². The Morgan fingerprint density at radius 2 is 1.89 bits per heavy atom. The van der Waals surface area contributed by atoms with E-state index in [0.717, 1.165) is 12.0 Å². The summed E-state index contributed by atoms with van der Waals surface area (Å²) in [6.07, 6.45) is -0.0899. The molecule has 2 aromatic rings. The third kappa shape index (κ3) is 4.93. The van der Waals surface area contributed by atoms with Crippen LogP contribution in [0.2, 0.25) is 10.0 Å². The third-order valence-corrected chi connectivity index (χ3v) is 4.87. The summed E-state index contributed by atoms with van der Waals surface area (Å²) in [5.41, 5.74) is 2.37. The van der Waals surface area contributed by atoms with Crippen molar-refractivity contribution in [2.75, 3.05) is 13.2 Å². The molecule has 142 valence electrons. The summed E-state index contributed by atoms with van der Waals surface area (Å²) >= 11 is 11.8. The molecule has 0 unspecified atom stereocenters. The van der Waals surface area contributed by atoms with E-state index in [-0.39, 0.29) is 12.5 Å². The molecule has 1 aliphatic rings. The highest BCUT2D eigenvalue weighted by molar-refractivity contribution is 6.35. The van der Waals surface area contributed by atoms with Crippen LogP contribution < -0.4 is 4.74 Å². The number of carbonyl (C=O) groups is 2. The van der Waals surface area contributed by atoms with Gasteiger partial charge >= 0.3 is 5.97 Å². The molecule has 0 radical (unpaired) electrons. The van der Waals surface area contributed by atoms with Crippen molar-refractivity contribution < 1.29 is 19.1 Å². The molecule has 0 saturated heterocycles. The summed E-state index contributed by atoms with van der Waals surface area (Å²) in [6, 6.07) is 12.7. The van der Waals surface area contributed by atoms with E-state index in [1.54, 1.807) is 24.0 Å². The van der Waals surface area contributed by atoms with Gasteiger partial charge in [0.1, 0.15) is 5.75 Å². The molecular formula is C20H19Cl2NO4. The zero-order valence-electron chi connectivity index (χ0n) is 14.8. The first-order valence-corrected chi connectivity index (χ1v) is 9.32. The van der Waals surface area contributed by atoms with Crippen molar-refractivity contribution in [3.8, 4) is 5.75 Å². The third-order valence-electron chi connectivity index (χ3n) is 4.34. The van der Waals surface area contributed by atoms with Gasteiger partial charge < -0.3 is 14.4 Å². The van der Waals surface area contributed by atoms with Gasteiger partial charge in [0.15, 0.2) is 12.7 Å². The van der Waals surface area contributed by atoms with Gasteiger partial charge in [-0.1, -0.05) is 47.5 Å². The Morgan fingerprint density at radius 3 is 2.63 bits per heavy atom. The number of esters is 1. The van der Waals surface area contributed by atoms with E-state index in [1.165, 1.54) is 11.6 Å². The number of nitrogens with zero attached hydrogens (tertiary/aromatic N) is 1. The van der Waals surface area contributed by atoms with Crippen LogP contribution in [0.25, 0.3) is 0 Å². The second-order valence-electron chi connectivity index (χ2n) is 6.27. The van der Waals surface area contributed by atoms with Gasteiger partial charge in [0.05, 0.1) is 5.02 Å². The van der Waals surface area contributed by atoms with Crippen LogP contribution in [0.15, 0.2) is 42.5 Å². The largest absolute Gasteiger partial charge is 0.480 e. The molecule has 0 saturated carbocycles. The molecule has 1 atom stereocenters. The van der Waals surface area contributed by atoms with E-state index < -0.39 is 12.1 Å². The molecule has 1 heterocycles. The standard InChI is InChI=1S/C20H19Cl2NO4/c1-13(20(25)23-9-8-14-4-2-3-5-15(14)11-23)27-19(24)12-26-18-7-6-16(21)10-17(18)22/h2-7,10,13H,8-9,11-12H2,1H3/t13-/m1/s1. The maximum atomic E-state index is 12.6. The van der Waals surface area contributed by atoms with Gasteiger partial charge in [-0.2, -0.15) is 0 Å². The molecule has 27 heavy (non-hydrogen) atoms. The monoisotopic (exact) mass is 407 g/mol. The average Bonchev–Trinajstić information content (AvgIpc) is 2.66. The van der Waals surface area contributed by atoms with Crippen LogP contribution in [0.4, 0.5) is 0 Å². The summed E-state index contributed by atoms with van der Waals surface area (Å²) in [5.74, 6) is -0.536. The lowest BCUT2D eigenvalue weighted by molar-refractivity contribution is -0.161. The number of rotatable bonds is 5. The first-order valence-electron chi connectivity index (χ1n) is 8.57. The molecule has 0 fully saturated rings. The lowest BCUT2D eigenvalue weighted by atomic mass is 9.99. The van der Waals surface area contributed by atoms with E-state index >= 15 is 0 Å². The molecule has 3 rings (SSSR count). The van der Waals surface area contributed by atoms with Gasteiger partial charge in [-0.25, -0.2) is 4.79 Å². The van der Waals surface area contributed by atoms with Gasteiger partial charge in [-0.05, 0) is 42.7 Å². The van der Waals surface area contributed by atoms with E-state index in [4.69, 9.17) is 32.7 Å². The molecule has 0 N–H and O–H groups in total. The van der Waals surface area contributed by atoms with Crippen molar-refractivity contribution in [3.05, 3.63) is 63.6 Å². The summed E-state index contributed by atoms with van der Waals surface area (Å²) in [7, 11) is 0. The number of benzene rings is 2. The number of fused-ring (bicyclic) bond motifs is 1. The number of carbonyl (C=O) groups excluding carboxylic acids is 2. The van der Waals surface area contributed by atoms with E-state index in [0.29, 0.717) is 28.9 Å². The molecule has 0 bridgehead atoms. The summed E-state index contributed by atoms with van der Waals surface area (Å²) in [6.45, 7) is 2.35. The Hall–Kier alpha value is -2.24. The average molecular weight is 408 g/mol. The number of hydrogen-bond donors (Lipinski definition) is 0. The van der Waals surface area contributed by atoms with Crippen LogP contribution in [-0.2, 0) is 27.3 Å². The number of ether oxygens (including phenoxy) is 2. The first-order chi connectivity index (χ1) is 12.9. The number of hydrogen-bond acceptors (Lipinski definition) is 4. The molecular weight excluding hydrogens is 389 g/mol. The van der Waals surface area contributed by atoms with Crippen molar-refractivity contribution in [2.24, 2.45) is 0 Å². The normalized spacial score (nSPS) is 14.3. The Balaban J connectivity index is 1.51. The molecule has 0 spiro atoms. The molecule has 1 amide bonds. The smallest absolute Gasteiger partial charge is 0.344 e. The van der Waals surface area contributed by atoms with E-state index in [1.807, 2.05) is 18.2 Å². The quantitative estimate of drug-likeness (QED) is 0.705. The van der Waals surface area contributed by atoms with Crippen LogP contribution >= 0.6 is 23.2 Å². The second-order valence-corrected chi connectivity index (χ2v) is 7.12. The Bertz CT molecular complexity index is 856. The van der Waals surface area contributed by atoms with Gasteiger partial charge in [0.2, 0.25) is 0 Å². The maximum Gasteiger partial charge on any atom is 0.344 e. The molecule has 2 aromatic carbocycles. The molecule has 0 aliphatic carbocycles. The molecule has 5 nitrogen and oxygen atoms in total. The minimum Gasteiger partial charge on any atom is -0.480 e. The van der Waals surface area contributed by atoms with Crippen molar-refractivity contribution in [3.63, 3.8) is 0 Å². The fourth-order valence-electron chi connectivity index (χ4n) is 2.95. The van der Waals surface area contributed by atoms with E-state index in [9.17, 15) is 9.59 Å². The highest BCUT2D eigenvalue weighted by Crippen LogP contribution is 2.27. The number of halogens is 2. The van der Waals surface area contributed by atoms with Crippen molar-refractivity contribution in [1.82, 2.24) is 4.90 Å².